The third-order valence-corrected chi connectivity index (χ3v) is 5.81. The first-order valence-corrected chi connectivity index (χ1v) is 10.6. The van der Waals surface area contributed by atoms with Crippen LogP contribution >= 0.6 is 11.6 Å². The lowest BCUT2D eigenvalue weighted by atomic mass is 10.1. The first kappa shape index (κ1) is 19.3. The molecule has 1 saturated heterocycles. The number of nitrogens with zero attached hydrogens (tertiary/aromatic N) is 1. The van der Waals surface area contributed by atoms with Gasteiger partial charge < -0.3 is 4.74 Å². The molecule has 1 heterocycles. The van der Waals surface area contributed by atoms with Crippen LogP contribution in [0.3, 0.4) is 0 Å². The van der Waals surface area contributed by atoms with Gasteiger partial charge in [0.25, 0.3) is 0 Å². The Bertz CT molecular complexity index is 819. The van der Waals surface area contributed by atoms with E-state index in [4.69, 9.17) is 16.3 Å². The van der Waals surface area contributed by atoms with Crippen molar-refractivity contribution in [1.82, 2.24) is 9.62 Å². The number of rotatable bonds is 7. The van der Waals surface area contributed by atoms with Gasteiger partial charge in [0, 0.05) is 31.2 Å². The Labute approximate surface area is 160 Å². The molecule has 0 aromatic heterocycles. The zero-order chi connectivity index (χ0) is 18.4. The van der Waals surface area contributed by atoms with Crippen molar-refractivity contribution in [1.29, 1.82) is 0 Å². The van der Waals surface area contributed by atoms with Crippen LogP contribution in [0.2, 0.25) is 5.02 Å². The largest absolute Gasteiger partial charge is 0.379 e. The van der Waals surface area contributed by atoms with Gasteiger partial charge in [-0.1, -0.05) is 48.0 Å². The summed E-state index contributed by atoms with van der Waals surface area (Å²) in [5, 5.41) is 0.536. The van der Waals surface area contributed by atoms with E-state index in [2.05, 4.69) is 21.8 Å². The van der Waals surface area contributed by atoms with Crippen LogP contribution in [0.25, 0.3) is 0 Å². The predicted octanol–water partition coefficient (Wildman–Crippen LogP) is 2.79. The summed E-state index contributed by atoms with van der Waals surface area (Å²) in [7, 11) is -3.41. The van der Waals surface area contributed by atoms with Crippen molar-refractivity contribution in [2.45, 2.75) is 18.8 Å². The van der Waals surface area contributed by atoms with E-state index < -0.39 is 10.0 Å². The van der Waals surface area contributed by atoms with Crippen LogP contribution in [-0.4, -0.2) is 39.6 Å². The molecule has 2 aromatic carbocycles. The van der Waals surface area contributed by atoms with Crippen LogP contribution in [0.4, 0.5) is 0 Å². The summed E-state index contributed by atoms with van der Waals surface area (Å²) in [6, 6.07) is 14.9. The van der Waals surface area contributed by atoms with Crippen LogP contribution in [-0.2, 0) is 33.6 Å². The Morgan fingerprint density at radius 2 is 1.69 bits per heavy atom. The van der Waals surface area contributed by atoms with E-state index in [1.54, 1.807) is 24.3 Å². The Kier molecular flexibility index (Phi) is 6.67. The van der Waals surface area contributed by atoms with Gasteiger partial charge in [0.1, 0.15) is 0 Å². The lowest BCUT2D eigenvalue weighted by Gasteiger charge is -2.26. The maximum Gasteiger partial charge on any atom is 0.216 e. The van der Waals surface area contributed by atoms with Crippen molar-refractivity contribution in [2.75, 3.05) is 26.3 Å². The summed E-state index contributed by atoms with van der Waals surface area (Å²) in [5.74, 6) is -0.0807. The van der Waals surface area contributed by atoms with E-state index in [0.717, 1.165) is 38.4 Å². The quantitative estimate of drug-likeness (QED) is 0.784. The monoisotopic (exact) mass is 394 g/mol. The molecule has 2 aromatic rings. The molecule has 0 aliphatic carbocycles. The third kappa shape index (κ3) is 6.07. The highest BCUT2D eigenvalue weighted by Crippen LogP contribution is 2.14. The van der Waals surface area contributed by atoms with E-state index in [1.807, 2.05) is 12.1 Å². The number of hydrogen-bond donors (Lipinski definition) is 1. The summed E-state index contributed by atoms with van der Waals surface area (Å²) >= 11 is 5.91. The SMILES string of the molecule is O=S(=O)(Cc1cccc(Cl)c1)NCc1ccc(CN2CCOCC2)cc1. The van der Waals surface area contributed by atoms with Crippen LogP contribution in [0.5, 0.6) is 0 Å². The molecule has 140 valence electrons. The number of hydrogen-bond acceptors (Lipinski definition) is 4. The maximum absolute atomic E-state index is 12.2. The fourth-order valence-corrected chi connectivity index (χ4v) is 4.19. The van der Waals surface area contributed by atoms with Gasteiger partial charge in [-0.2, -0.15) is 0 Å². The molecular formula is C19H23ClN2O3S. The summed E-state index contributed by atoms with van der Waals surface area (Å²) in [6.07, 6.45) is 0. The lowest BCUT2D eigenvalue weighted by Crippen LogP contribution is -2.35. The molecule has 0 bridgehead atoms. The molecule has 0 spiro atoms. The van der Waals surface area contributed by atoms with Crippen molar-refractivity contribution in [3.8, 4) is 0 Å². The molecule has 1 aliphatic heterocycles. The second-order valence-corrected chi connectivity index (χ2v) is 8.66. The van der Waals surface area contributed by atoms with Crippen molar-refractivity contribution in [3.63, 3.8) is 0 Å². The molecule has 26 heavy (non-hydrogen) atoms. The van der Waals surface area contributed by atoms with E-state index in [-0.39, 0.29) is 12.3 Å². The van der Waals surface area contributed by atoms with Gasteiger partial charge >= 0.3 is 0 Å². The second kappa shape index (κ2) is 8.97. The van der Waals surface area contributed by atoms with Gasteiger partial charge in [-0.05, 0) is 28.8 Å². The fourth-order valence-electron chi connectivity index (χ4n) is 2.87. The highest BCUT2D eigenvalue weighted by atomic mass is 35.5. The Morgan fingerprint density at radius 1 is 1.00 bits per heavy atom. The Morgan fingerprint density at radius 3 is 2.38 bits per heavy atom. The molecule has 5 nitrogen and oxygen atoms in total. The first-order valence-electron chi connectivity index (χ1n) is 8.60. The lowest BCUT2D eigenvalue weighted by molar-refractivity contribution is 0.0342. The average Bonchev–Trinajstić information content (AvgIpc) is 2.62. The molecule has 0 unspecified atom stereocenters. The molecule has 0 atom stereocenters. The smallest absolute Gasteiger partial charge is 0.216 e. The standard InChI is InChI=1S/C19H23ClN2O3S/c20-19-3-1-2-18(12-19)15-26(23,24)21-13-16-4-6-17(7-5-16)14-22-8-10-25-11-9-22/h1-7,12,21H,8-11,13-15H2. The van der Waals surface area contributed by atoms with Crippen molar-refractivity contribution >= 4 is 21.6 Å². The molecule has 3 rings (SSSR count). The first-order chi connectivity index (χ1) is 12.5. The molecule has 0 amide bonds. The molecular weight excluding hydrogens is 372 g/mol. The minimum absolute atomic E-state index is 0.0807. The second-order valence-electron chi connectivity index (χ2n) is 6.42. The summed E-state index contributed by atoms with van der Waals surface area (Å²) in [4.78, 5) is 2.35. The predicted molar refractivity (Wildman–Crippen MR) is 103 cm³/mol. The highest BCUT2D eigenvalue weighted by molar-refractivity contribution is 7.88. The normalized spacial score (nSPS) is 15.9. The highest BCUT2D eigenvalue weighted by Gasteiger charge is 2.13. The van der Waals surface area contributed by atoms with Gasteiger partial charge in [-0.25, -0.2) is 13.1 Å². The Balaban J connectivity index is 1.52. The van der Waals surface area contributed by atoms with Gasteiger partial charge in [0.05, 0.1) is 19.0 Å². The maximum atomic E-state index is 12.2. The van der Waals surface area contributed by atoms with Crippen LogP contribution < -0.4 is 4.72 Å². The van der Waals surface area contributed by atoms with E-state index in [0.29, 0.717) is 10.6 Å². The molecule has 1 fully saturated rings. The number of ether oxygens (including phenoxy) is 1. The van der Waals surface area contributed by atoms with E-state index >= 15 is 0 Å². The van der Waals surface area contributed by atoms with Crippen molar-refractivity contribution in [2.24, 2.45) is 0 Å². The molecule has 1 N–H and O–H groups in total. The third-order valence-electron chi connectivity index (χ3n) is 4.27. The van der Waals surface area contributed by atoms with E-state index in [9.17, 15) is 8.42 Å². The molecule has 1 aliphatic rings. The minimum atomic E-state index is -3.41. The van der Waals surface area contributed by atoms with Crippen molar-refractivity contribution < 1.29 is 13.2 Å². The number of nitrogens with one attached hydrogen (secondary N) is 1. The summed E-state index contributed by atoms with van der Waals surface area (Å²) < 4.78 is 32.5. The zero-order valence-electron chi connectivity index (χ0n) is 14.5. The Hall–Kier alpha value is -1.44. The summed E-state index contributed by atoms with van der Waals surface area (Å²) in [5.41, 5.74) is 2.83. The van der Waals surface area contributed by atoms with Gasteiger partial charge in [0.2, 0.25) is 10.0 Å². The molecule has 0 saturated carbocycles. The zero-order valence-corrected chi connectivity index (χ0v) is 16.1. The van der Waals surface area contributed by atoms with Gasteiger partial charge in [-0.3, -0.25) is 4.90 Å². The fraction of sp³-hybridized carbons (Fsp3) is 0.368. The number of morpholine rings is 1. The van der Waals surface area contributed by atoms with Crippen molar-refractivity contribution in [3.05, 3.63) is 70.2 Å². The number of sulfonamides is 1. The van der Waals surface area contributed by atoms with E-state index in [1.165, 1.54) is 5.56 Å². The molecule has 7 heteroatoms. The number of benzene rings is 2. The van der Waals surface area contributed by atoms with Gasteiger partial charge in [0.15, 0.2) is 0 Å². The average molecular weight is 395 g/mol. The van der Waals surface area contributed by atoms with Gasteiger partial charge in [-0.15, -0.1) is 0 Å². The van der Waals surface area contributed by atoms with Crippen LogP contribution in [0, 0.1) is 0 Å². The van der Waals surface area contributed by atoms with Crippen LogP contribution in [0.15, 0.2) is 48.5 Å². The molecule has 0 radical (unpaired) electrons. The summed E-state index contributed by atoms with van der Waals surface area (Å²) in [6.45, 7) is 4.64. The number of halogens is 1. The topological polar surface area (TPSA) is 58.6 Å². The van der Waals surface area contributed by atoms with Crippen LogP contribution in [0.1, 0.15) is 16.7 Å². The minimum Gasteiger partial charge on any atom is -0.379 e.